The van der Waals surface area contributed by atoms with Crippen LogP contribution >= 0.6 is 23.3 Å². The van der Waals surface area contributed by atoms with E-state index in [1.54, 1.807) is 18.1 Å². The third kappa shape index (κ3) is 3.25. The molecule has 1 heterocycles. The van der Waals surface area contributed by atoms with Crippen LogP contribution < -0.4 is 5.73 Å². The van der Waals surface area contributed by atoms with Gasteiger partial charge in [0.2, 0.25) is 0 Å². The molecule has 1 aromatic rings. The van der Waals surface area contributed by atoms with Crippen LogP contribution in [0, 0.1) is 5.41 Å². The van der Waals surface area contributed by atoms with Crippen LogP contribution in [-0.4, -0.2) is 21.2 Å². The quantitative estimate of drug-likeness (QED) is 0.787. The molecule has 2 N–H and O–H groups in total. The van der Waals surface area contributed by atoms with E-state index in [1.165, 1.54) is 11.5 Å². The summed E-state index contributed by atoms with van der Waals surface area (Å²) in [5, 5.41) is 0.403. The topological polar surface area (TPSA) is 51.8 Å². The molecule has 13 heavy (non-hydrogen) atoms. The molecule has 0 aliphatic rings. The second kappa shape index (κ2) is 4.39. The molecule has 3 nitrogen and oxygen atoms in total. The molecule has 0 fully saturated rings. The number of aromatic nitrogens is 2. The number of rotatable bonds is 3. The van der Waals surface area contributed by atoms with Crippen LogP contribution in [0.1, 0.15) is 20.8 Å². The highest BCUT2D eigenvalue weighted by molar-refractivity contribution is 8.01. The first-order valence-corrected chi connectivity index (χ1v) is 5.82. The first kappa shape index (κ1) is 10.9. The van der Waals surface area contributed by atoms with Crippen LogP contribution in [0.2, 0.25) is 0 Å². The minimum atomic E-state index is 0.213. The van der Waals surface area contributed by atoms with E-state index in [-0.39, 0.29) is 5.41 Å². The second-order valence-electron chi connectivity index (χ2n) is 3.92. The summed E-state index contributed by atoms with van der Waals surface area (Å²) in [6, 6.07) is 0. The Morgan fingerprint density at radius 1 is 1.62 bits per heavy atom. The van der Waals surface area contributed by atoms with Crippen LogP contribution in [-0.2, 0) is 0 Å². The van der Waals surface area contributed by atoms with Crippen LogP contribution in [0.3, 0.4) is 0 Å². The lowest BCUT2D eigenvalue weighted by Gasteiger charge is -2.27. The van der Waals surface area contributed by atoms with Crippen molar-refractivity contribution in [1.82, 2.24) is 9.36 Å². The zero-order chi connectivity index (χ0) is 9.90. The van der Waals surface area contributed by atoms with Gasteiger partial charge in [0.25, 0.3) is 0 Å². The van der Waals surface area contributed by atoms with Crippen molar-refractivity contribution in [2.45, 2.75) is 30.4 Å². The molecule has 1 rings (SSSR count). The zero-order valence-electron chi connectivity index (χ0n) is 8.15. The molecule has 0 saturated heterocycles. The fraction of sp³-hybridized carbons (Fsp3) is 0.750. The van der Waals surface area contributed by atoms with Gasteiger partial charge in [-0.05, 0) is 16.9 Å². The van der Waals surface area contributed by atoms with Crippen LogP contribution in [0.15, 0.2) is 10.7 Å². The largest absolute Gasteiger partial charge is 0.329 e. The summed E-state index contributed by atoms with van der Waals surface area (Å²) < 4.78 is 4.97. The molecule has 0 amide bonds. The van der Waals surface area contributed by atoms with Crippen LogP contribution in [0.4, 0.5) is 0 Å². The lowest BCUT2D eigenvalue weighted by molar-refractivity contribution is 0.398. The van der Waals surface area contributed by atoms with Gasteiger partial charge in [-0.3, -0.25) is 0 Å². The second-order valence-corrected chi connectivity index (χ2v) is 6.15. The number of nitrogens with two attached hydrogens (primary N) is 1. The average molecular weight is 217 g/mol. The summed E-state index contributed by atoms with van der Waals surface area (Å²) in [5.41, 5.74) is 5.92. The lowest BCUT2D eigenvalue weighted by atomic mass is 9.92. The molecule has 0 radical (unpaired) electrons. The van der Waals surface area contributed by atoms with Gasteiger partial charge in [0.05, 0.1) is 0 Å². The first-order chi connectivity index (χ1) is 6.04. The van der Waals surface area contributed by atoms with Gasteiger partial charge >= 0.3 is 0 Å². The van der Waals surface area contributed by atoms with Gasteiger partial charge in [0, 0.05) is 11.8 Å². The van der Waals surface area contributed by atoms with Crippen molar-refractivity contribution < 1.29 is 0 Å². The minimum absolute atomic E-state index is 0.213. The van der Waals surface area contributed by atoms with E-state index in [2.05, 4.69) is 30.1 Å². The van der Waals surface area contributed by atoms with Gasteiger partial charge in [0.15, 0.2) is 4.34 Å². The number of hydrogen-bond donors (Lipinski definition) is 1. The smallest absolute Gasteiger partial charge is 0.170 e. The Balaban J connectivity index is 2.60. The Morgan fingerprint density at radius 3 is 2.69 bits per heavy atom. The molecule has 74 valence electrons. The van der Waals surface area contributed by atoms with E-state index < -0.39 is 0 Å². The Hall–Kier alpha value is -0.130. The molecule has 0 bridgehead atoms. The molecule has 5 heteroatoms. The molecule has 1 aromatic heterocycles. The number of hydrogen-bond acceptors (Lipinski definition) is 5. The summed E-state index contributed by atoms with van der Waals surface area (Å²) in [6.45, 7) is 7.25. The number of thioether (sulfide) groups is 1. The standard InChI is InChI=1S/C8H15N3S2/c1-8(2,3)6(4-9)12-7-10-5-11-13-7/h5-6H,4,9H2,1-3H3. The third-order valence-electron chi connectivity index (χ3n) is 1.76. The summed E-state index contributed by atoms with van der Waals surface area (Å²) in [4.78, 5) is 4.13. The molecule has 0 aliphatic carbocycles. The molecule has 1 unspecified atom stereocenters. The molecular weight excluding hydrogens is 202 g/mol. The molecule has 1 atom stereocenters. The molecule has 0 aromatic carbocycles. The molecule has 0 spiro atoms. The maximum absolute atomic E-state index is 5.71. The molecular formula is C8H15N3S2. The molecule has 0 aliphatic heterocycles. The normalized spacial score (nSPS) is 14.5. The van der Waals surface area contributed by atoms with E-state index in [4.69, 9.17) is 5.73 Å². The Kier molecular flexibility index (Phi) is 3.70. The van der Waals surface area contributed by atoms with Crippen molar-refractivity contribution in [2.24, 2.45) is 11.1 Å². The summed E-state index contributed by atoms with van der Waals surface area (Å²) in [5.74, 6) is 0. The highest BCUT2D eigenvalue weighted by Crippen LogP contribution is 2.34. The maximum Gasteiger partial charge on any atom is 0.170 e. The van der Waals surface area contributed by atoms with Gasteiger partial charge in [-0.2, -0.15) is 4.37 Å². The van der Waals surface area contributed by atoms with Crippen LogP contribution in [0.5, 0.6) is 0 Å². The van der Waals surface area contributed by atoms with Gasteiger partial charge in [-0.1, -0.05) is 32.5 Å². The Morgan fingerprint density at radius 2 is 2.31 bits per heavy atom. The predicted octanol–water partition coefficient (Wildman–Crippen LogP) is 2.00. The molecule has 0 saturated carbocycles. The predicted molar refractivity (Wildman–Crippen MR) is 58.1 cm³/mol. The SMILES string of the molecule is CC(C)(C)C(CN)Sc1ncns1. The van der Waals surface area contributed by atoms with Gasteiger partial charge in [0.1, 0.15) is 6.33 Å². The monoisotopic (exact) mass is 217 g/mol. The van der Waals surface area contributed by atoms with Crippen molar-refractivity contribution in [3.63, 3.8) is 0 Å². The fourth-order valence-corrected chi connectivity index (χ4v) is 2.64. The lowest BCUT2D eigenvalue weighted by Crippen LogP contribution is -2.30. The van der Waals surface area contributed by atoms with Crippen molar-refractivity contribution in [2.75, 3.05) is 6.54 Å². The Bertz CT molecular complexity index is 240. The van der Waals surface area contributed by atoms with Gasteiger partial charge < -0.3 is 5.73 Å². The summed E-state index contributed by atoms with van der Waals surface area (Å²) >= 11 is 3.15. The first-order valence-electron chi connectivity index (χ1n) is 4.17. The van der Waals surface area contributed by atoms with E-state index in [0.29, 0.717) is 11.8 Å². The summed E-state index contributed by atoms with van der Waals surface area (Å²) in [7, 11) is 0. The fourth-order valence-electron chi connectivity index (χ4n) is 0.915. The van der Waals surface area contributed by atoms with E-state index >= 15 is 0 Å². The van der Waals surface area contributed by atoms with Crippen molar-refractivity contribution >= 4 is 23.3 Å². The van der Waals surface area contributed by atoms with E-state index in [9.17, 15) is 0 Å². The highest BCUT2D eigenvalue weighted by atomic mass is 32.2. The average Bonchev–Trinajstić information content (AvgIpc) is 2.49. The Labute approximate surface area is 87.3 Å². The van der Waals surface area contributed by atoms with Crippen molar-refractivity contribution in [3.8, 4) is 0 Å². The van der Waals surface area contributed by atoms with Crippen molar-refractivity contribution in [1.29, 1.82) is 0 Å². The third-order valence-corrected chi connectivity index (χ3v) is 4.23. The zero-order valence-corrected chi connectivity index (χ0v) is 9.78. The van der Waals surface area contributed by atoms with E-state index in [1.807, 2.05) is 0 Å². The van der Waals surface area contributed by atoms with Crippen molar-refractivity contribution in [3.05, 3.63) is 6.33 Å². The summed E-state index contributed by atoms with van der Waals surface area (Å²) in [6.07, 6.45) is 1.59. The van der Waals surface area contributed by atoms with Gasteiger partial charge in [-0.25, -0.2) is 4.98 Å². The number of nitrogens with zero attached hydrogens (tertiary/aromatic N) is 2. The maximum atomic E-state index is 5.71. The van der Waals surface area contributed by atoms with E-state index in [0.717, 1.165) is 4.34 Å². The van der Waals surface area contributed by atoms with Crippen LogP contribution in [0.25, 0.3) is 0 Å². The highest BCUT2D eigenvalue weighted by Gasteiger charge is 2.25. The minimum Gasteiger partial charge on any atom is -0.329 e. The van der Waals surface area contributed by atoms with Gasteiger partial charge in [-0.15, -0.1) is 0 Å².